The Morgan fingerprint density at radius 1 is 1.32 bits per heavy atom. The number of ether oxygens (including phenoxy) is 1. The van der Waals surface area contributed by atoms with Crippen LogP contribution in [0.25, 0.3) is 0 Å². The minimum Gasteiger partial charge on any atom is -0.481 e. The van der Waals surface area contributed by atoms with Gasteiger partial charge in [-0.15, -0.1) is 0 Å². The minimum atomic E-state index is -0.980. The predicted molar refractivity (Wildman–Crippen MR) is 68.7 cm³/mol. The second kappa shape index (κ2) is 8.34. The van der Waals surface area contributed by atoms with Gasteiger partial charge in [-0.3, -0.25) is 9.59 Å². The normalized spacial score (nSPS) is 11.8. The van der Waals surface area contributed by atoms with E-state index in [9.17, 15) is 14.4 Å². The van der Waals surface area contributed by atoms with Gasteiger partial charge in [-0.1, -0.05) is 13.8 Å². The van der Waals surface area contributed by atoms with Crippen LogP contribution in [-0.2, 0) is 14.3 Å². The van der Waals surface area contributed by atoms with Crippen LogP contribution in [0.3, 0.4) is 0 Å². The number of carbonyl (C=O) groups excluding carboxylic acids is 2. The van der Waals surface area contributed by atoms with Crippen molar-refractivity contribution in [2.45, 2.75) is 33.2 Å². The summed E-state index contributed by atoms with van der Waals surface area (Å²) in [5, 5.41) is 11.4. The van der Waals surface area contributed by atoms with Crippen LogP contribution in [0.5, 0.6) is 0 Å². The molecule has 0 rings (SSSR count). The van der Waals surface area contributed by atoms with Gasteiger partial charge < -0.3 is 20.1 Å². The first kappa shape index (κ1) is 17.2. The number of carbonyl (C=O) groups is 3. The first-order chi connectivity index (χ1) is 8.77. The first-order valence-corrected chi connectivity index (χ1v) is 6.16. The second-order valence-electron chi connectivity index (χ2n) is 4.56. The monoisotopic (exact) mass is 274 g/mol. The molecule has 0 saturated heterocycles. The Kier molecular flexibility index (Phi) is 7.55. The van der Waals surface area contributed by atoms with Crippen LogP contribution in [0.15, 0.2) is 0 Å². The Morgan fingerprint density at radius 2 is 1.89 bits per heavy atom. The second-order valence-corrected chi connectivity index (χ2v) is 4.56. The fourth-order valence-electron chi connectivity index (χ4n) is 1.38. The van der Waals surface area contributed by atoms with Crippen molar-refractivity contribution in [2.75, 3.05) is 20.2 Å². The molecule has 0 saturated carbocycles. The van der Waals surface area contributed by atoms with Gasteiger partial charge in [0.25, 0.3) is 0 Å². The summed E-state index contributed by atoms with van der Waals surface area (Å²) in [6.45, 7) is 5.40. The molecule has 0 radical (unpaired) electrons. The number of nitrogens with zero attached hydrogens (tertiary/aromatic N) is 1. The summed E-state index contributed by atoms with van der Waals surface area (Å²) < 4.78 is 4.72. The van der Waals surface area contributed by atoms with Gasteiger partial charge in [0, 0.05) is 13.1 Å². The summed E-state index contributed by atoms with van der Waals surface area (Å²) in [6.07, 6.45) is -0.156. The molecule has 2 N–H and O–H groups in total. The van der Waals surface area contributed by atoms with Crippen molar-refractivity contribution in [1.29, 1.82) is 0 Å². The van der Waals surface area contributed by atoms with Gasteiger partial charge in [0.1, 0.15) is 6.54 Å². The number of likely N-dealkylation sites (N-methyl/N-ethyl adjacent to an activating group) is 1. The highest BCUT2D eigenvalue weighted by Crippen LogP contribution is 2.06. The van der Waals surface area contributed by atoms with Crippen LogP contribution in [0.1, 0.15) is 27.2 Å². The third-order valence-corrected chi connectivity index (χ3v) is 2.53. The Morgan fingerprint density at radius 3 is 2.32 bits per heavy atom. The van der Waals surface area contributed by atoms with Crippen LogP contribution in [-0.4, -0.2) is 54.2 Å². The summed E-state index contributed by atoms with van der Waals surface area (Å²) in [6, 6.07) is -0.970. The SMILES string of the molecule is CCOC(=O)CN(C)C(=O)NC(CC(=O)O)C(C)C. The Labute approximate surface area is 112 Å². The number of carboxylic acid groups (broad SMARTS) is 1. The smallest absolute Gasteiger partial charge is 0.325 e. The number of hydrogen-bond donors (Lipinski definition) is 2. The molecule has 0 aromatic rings. The number of urea groups is 1. The summed E-state index contributed by atoms with van der Waals surface area (Å²) in [5.41, 5.74) is 0. The van der Waals surface area contributed by atoms with Crippen molar-refractivity contribution in [3.63, 3.8) is 0 Å². The van der Waals surface area contributed by atoms with E-state index in [2.05, 4.69) is 5.32 Å². The van der Waals surface area contributed by atoms with Crippen LogP contribution < -0.4 is 5.32 Å². The third-order valence-electron chi connectivity index (χ3n) is 2.53. The standard InChI is InChI=1S/C12H22N2O5/c1-5-19-11(17)7-14(4)12(18)13-9(8(2)3)6-10(15)16/h8-9H,5-7H2,1-4H3,(H,13,18)(H,15,16). The Hall–Kier alpha value is -1.79. The molecule has 0 aromatic carbocycles. The Balaban J connectivity index is 4.38. The van der Waals surface area contributed by atoms with Gasteiger partial charge in [-0.25, -0.2) is 4.79 Å². The van der Waals surface area contributed by atoms with E-state index in [4.69, 9.17) is 9.84 Å². The molecule has 7 heteroatoms. The molecular formula is C12H22N2O5. The van der Waals surface area contributed by atoms with E-state index in [0.29, 0.717) is 0 Å². The van der Waals surface area contributed by atoms with Crippen molar-refractivity contribution < 1.29 is 24.2 Å². The van der Waals surface area contributed by atoms with Crippen molar-refractivity contribution in [1.82, 2.24) is 10.2 Å². The van der Waals surface area contributed by atoms with E-state index in [0.717, 1.165) is 4.90 Å². The first-order valence-electron chi connectivity index (χ1n) is 6.16. The lowest BCUT2D eigenvalue weighted by Gasteiger charge is -2.24. The fourth-order valence-corrected chi connectivity index (χ4v) is 1.38. The minimum absolute atomic E-state index is 0.0176. The third kappa shape index (κ3) is 7.28. The van der Waals surface area contributed by atoms with Gasteiger partial charge in [0.15, 0.2) is 0 Å². The number of aliphatic carboxylic acids is 1. The van der Waals surface area contributed by atoms with Crippen LogP contribution in [0.4, 0.5) is 4.79 Å². The molecule has 1 atom stereocenters. The molecule has 0 aromatic heterocycles. The van der Waals surface area contributed by atoms with Gasteiger partial charge >= 0.3 is 18.0 Å². The zero-order chi connectivity index (χ0) is 15.0. The maximum absolute atomic E-state index is 11.8. The Bertz CT molecular complexity index is 330. The maximum Gasteiger partial charge on any atom is 0.325 e. The molecule has 0 spiro atoms. The summed E-state index contributed by atoms with van der Waals surface area (Å²) >= 11 is 0. The topological polar surface area (TPSA) is 95.9 Å². The molecule has 0 aliphatic rings. The number of hydrogen-bond acceptors (Lipinski definition) is 4. The highest BCUT2D eigenvalue weighted by molar-refractivity contribution is 5.81. The van der Waals surface area contributed by atoms with Crippen molar-refractivity contribution >= 4 is 18.0 Å². The molecule has 1 unspecified atom stereocenters. The van der Waals surface area contributed by atoms with E-state index < -0.39 is 24.0 Å². The van der Waals surface area contributed by atoms with Gasteiger partial charge in [0.2, 0.25) is 0 Å². The number of nitrogens with one attached hydrogen (secondary N) is 1. The molecule has 0 heterocycles. The molecule has 0 aliphatic carbocycles. The summed E-state index contributed by atoms with van der Waals surface area (Å²) in [4.78, 5) is 34.9. The summed E-state index contributed by atoms with van der Waals surface area (Å²) in [7, 11) is 1.45. The zero-order valence-electron chi connectivity index (χ0n) is 11.8. The molecule has 2 amide bonds. The van der Waals surface area contributed by atoms with Crippen LogP contribution in [0, 0.1) is 5.92 Å². The molecule has 19 heavy (non-hydrogen) atoms. The lowest BCUT2D eigenvalue weighted by Crippen LogP contribution is -2.47. The van der Waals surface area contributed by atoms with E-state index in [1.807, 2.05) is 13.8 Å². The number of rotatable bonds is 7. The molecular weight excluding hydrogens is 252 g/mol. The van der Waals surface area contributed by atoms with E-state index in [-0.39, 0.29) is 25.5 Å². The number of carboxylic acids is 1. The molecule has 7 nitrogen and oxygen atoms in total. The maximum atomic E-state index is 11.8. The number of amides is 2. The average Bonchev–Trinajstić information content (AvgIpc) is 2.27. The zero-order valence-corrected chi connectivity index (χ0v) is 11.8. The highest BCUT2D eigenvalue weighted by Gasteiger charge is 2.22. The number of esters is 1. The summed E-state index contributed by atoms with van der Waals surface area (Å²) in [5.74, 6) is -1.50. The largest absolute Gasteiger partial charge is 0.481 e. The molecule has 110 valence electrons. The highest BCUT2D eigenvalue weighted by atomic mass is 16.5. The lowest BCUT2D eigenvalue weighted by atomic mass is 10.0. The van der Waals surface area contributed by atoms with E-state index >= 15 is 0 Å². The fraction of sp³-hybridized carbons (Fsp3) is 0.750. The van der Waals surface area contributed by atoms with Gasteiger partial charge in [-0.05, 0) is 12.8 Å². The quantitative estimate of drug-likeness (QED) is 0.666. The molecule has 0 bridgehead atoms. The lowest BCUT2D eigenvalue weighted by molar-refractivity contribution is -0.143. The van der Waals surface area contributed by atoms with Gasteiger partial charge in [0.05, 0.1) is 13.0 Å². The van der Waals surface area contributed by atoms with Crippen molar-refractivity contribution in [3.8, 4) is 0 Å². The van der Waals surface area contributed by atoms with Crippen molar-refractivity contribution in [2.24, 2.45) is 5.92 Å². The van der Waals surface area contributed by atoms with Crippen molar-refractivity contribution in [3.05, 3.63) is 0 Å². The average molecular weight is 274 g/mol. The van der Waals surface area contributed by atoms with E-state index in [1.165, 1.54) is 7.05 Å². The van der Waals surface area contributed by atoms with Gasteiger partial charge in [-0.2, -0.15) is 0 Å². The van der Waals surface area contributed by atoms with Crippen LogP contribution >= 0.6 is 0 Å². The van der Waals surface area contributed by atoms with Crippen LogP contribution in [0.2, 0.25) is 0 Å². The van der Waals surface area contributed by atoms with E-state index in [1.54, 1.807) is 6.92 Å². The molecule has 0 aliphatic heterocycles. The predicted octanol–water partition coefficient (Wildman–Crippen LogP) is 0.690. The molecule has 0 fully saturated rings.